The van der Waals surface area contributed by atoms with Crippen LogP contribution < -0.4 is 16.0 Å². The lowest BCUT2D eigenvalue weighted by Crippen LogP contribution is -2.48. The zero-order chi connectivity index (χ0) is 21.7. The number of hydrogen-bond acceptors (Lipinski definition) is 5. The number of urea groups is 1. The van der Waals surface area contributed by atoms with E-state index < -0.39 is 12.1 Å². The highest BCUT2D eigenvalue weighted by atomic mass is 32.1. The molecule has 0 aliphatic rings. The van der Waals surface area contributed by atoms with Crippen LogP contribution in [-0.4, -0.2) is 28.2 Å². The minimum absolute atomic E-state index is 0.113. The minimum Gasteiger partial charge on any atom is -0.326 e. The van der Waals surface area contributed by atoms with Gasteiger partial charge in [0, 0.05) is 11.3 Å². The summed E-state index contributed by atoms with van der Waals surface area (Å²) in [4.78, 5) is 25.2. The Balaban J connectivity index is 1.65. The Kier molecular flexibility index (Phi) is 6.79. The molecule has 0 saturated carbocycles. The van der Waals surface area contributed by atoms with E-state index >= 15 is 0 Å². The first-order valence-corrected chi connectivity index (χ1v) is 10.5. The summed E-state index contributed by atoms with van der Waals surface area (Å²) >= 11 is 1.29. The molecule has 0 aliphatic carbocycles. The second kappa shape index (κ2) is 9.49. The van der Waals surface area contributed by atoms with Crippen molar-refractivity contribution in [2.45, 2.75) is 33.7 Å². The Morgan fingerprint density at radius 2 is 1.63 bits per heavy atom. The average Bonchev–Trinajstić information content (AvgIpc) is 3.14. The normalized spacial score (nSPS) is 11.8. The second-order valence-corrected chi connectivity index (χ2v) is 8.44. The van der Waals surface area contributed by atoms with Gasteiger partial charge in [-0.25, -0.2) is 4.79 Å². The molecule has 3 aromatic rings. The lowest BCUT2D eigenvalue weighted by molar-refractivity contribution is -0.118. The van der Waals surface area contributed by atoms with Crippen LogP contribution >= 0.6 is 11.3 Å². The Hall–Kier alpha value is -3.26. The molecular formula is C22H25N5O2S. The average molecular weight is 424 g/mol. The van der Waals surface area contributed by atoms with Crippen molar-refractivity contribution >= 4 is 34.1 Å². The molecule has 1 unspecified atom stereocenters. The number of aryl methyl sites for hydroxylation is 2. The number of anilines is 2. The third-order valence-electron chi connectivity index (χ3n) is 4.43. The molecule has 0 fully saturated rings. The van der Waals surface area contributed by atoms with E-state index in [1.54, 1.807) is 6.07 Å². The quantitative estimate of drug-likeness (QED) is 0.540. The van der Waals surface area contributed by atoms with Gasteiger partial charge in [0.05, 0.1) is 0 Å². The van der Waals surface area contributed by atoms with E-state index in [0.29, 0.717) is 10.8 Å². The number of nitrogens with one attached hydrogen (secondary N) is 3. The second-order valence-electron chi connectivity index (χ2n) is 7.46. The van der Waals surface area contributed by atoms with Crippen molar-refractivity contribution in [1.82, 2.24) is 15.5 Å². The van der Waals surface area contributed by atoms with Gasteiger partial charge in [-0.15, -0.1) is 10.2 Å². The smallest absolute Gasteiger partial charge is 0.319 e. The number of nitrogens with zero attached hydrogens (tertiary/aromatic N) is 2. The molecule has 0 spiro atoms. The van der Waals surface area contributed by atoms with Crippen LogP contribution in [0.4, 0.5) is 15.6 Å². The summed E-state index contributed by atoms with van der Waals surface area (Å²) < 4.78 is 0. The molecule has 8 heteroatoms. The fourth-order valence-corrected chi connectivity index (χ4v) is 3.66. The Labute approximate surface area is 179 Å². The molecule has 1 aromatic heterocycles. The number of hydrogen-bond donors (Lipinski definition) is 3. The molecule has 0 bridgehead atoms. The van der Waals surface area contributed by atoms with Crippen LogP contribution in [0.15, 0.2) is 48.5 Å². The van der Waals surface area contributed by atoms with Crippen LogP contribution in [0.3, 0.4) is 0 Å². The Bertz CT molecular complexity index is 1050. The van der Waals surface area contributed by atoms with Gasteiger partial charge in [0.2, 0.25) is 11.0 Å². The van der Waals surface area contributed by atoms with E-state index in [1.165, 1.54) is 11.3 Å². The molecule has 0 radical (unpaired) electrons. The van der Waals surface area contributed by atoms with Crippen molar-refractivity contribution in [3.05, 3.63) is 59.7 Å². The van der Waals surface area contributed by atoms with E-state index in [4.69, 9.17) is 0 Å². The number of rotatable bonds is 6. The Morgan fingerprint density at radius 3 is 2.30 bits per heavy atom. The molecule has 3 N–H and O–H groups in total. The SMILES string of the molecule is Cc1cccc(NC(=O)NC(C(=O)Nc2nnc(-c3cccc(C)c3)s2)C(C)C)c1. The number of carbonyl (C=O) groups excluding carboxylic acids is 2. The molecular weight excluding hydrogens is 398 g/mol. The molecule has 1 heterocycles. The predicted molar refractivity (Wildman–Crippen MR) is 121 cm³/mol. The summed E-state index contributed by atoms with van der Waals surface area (Å²) in [5, 5.41) is 17.6. The largest absolute Gasteiger partial charge is 0.326 e. The van der Waals surface area contributed by atoms with Crippen molar-refractivity contribution in [3.8, 4) is 10.6 Å². The summed E-state index contributed by atoms with van der Waals surface area (Å²) in [5.41, 5.74) is 3.77. The van der Waals surface area contributed by atoms with E-state index in [9.17, 15) is 9.59 Å². The lowest BCUT2D eigenvalue weighted by atomic mass is 10.0. The zero-order valence-electron chi connectivity index (χ0n) is 17.4. The lowest BCUT2D eigenvalue weighted by Gasteiger charge is -2.21. The predicted octanol–water partition coefficient (Wildman–Crippen LogP) is 4.61. The van der Waals surface area contributed by atoms with E-state index in [2.05, 4.69) is 26.1 Å². The molecule has 156 valence electrons. The highest BCUT2D eigenvalue weighted by Gasteiger charge is 2.25. The van der Waals surface area contributed by atoms with Crippen LogP contribution in [0.5, 0.6) is 0 Å². The van der Waals surface area contributed by atoms with Crippen molar-refractivity contribution < 1.29 is 9.59 Å². The summed E-state index contributed by atoms with van der Waals surface area (Å²) in [6.45, 7) is 7.69. The highest BCUT2D eigenvalue weighted by Crippen LogP contribution is 2.27. The third kappa shape index (κ3) is 5.64. The molecule has 1 atom stereocenters. The number of benzene rings is 2. The van der Waals surface area contributed by atoms with Crippen LogP contribution in [-0.2, 0) is 4.79 Å². The fourth-order valence-electron chi connectivity index (χ4n) is 2.92. The summed E-state index contributed by atoms with van der Waals surface area (Å²) in [6, 6.07) is 14.2. The standard InChI is InChI=1S/C22H25N5O2S/c1-13(2)18(24-21(29)23-17-10-6-8-15(4)12-17)19(28)25-22-27-26-20(30-22)16-9-5-7-14(3)11-16/h5-13,18H,1-4H3,(H2,23,24,29)(H,25,27,28). The van der Waals surface area contributed by atoms with E-state index in [-0.39, 0.29) is 11.8 Å². The van der Waals surface area contributed by atoms with Gasteiger partial charge in [-0.1, -0.05) is 61.1 Å². The first kappa shape index (κ1) is 21.4. The van der Waals surface area contributed by atoms with Gasteiger partial charge < -0.3 is 10.6 Å². The van der Waals surface area contributed by atoms with Crippen LogP contribution in [0, 0.1) is 19.8 Å². The molecule has 7 nitrogen and oxygen atoms in total. The van der Waals surface area contributed by atoms with Gasteiger partial charge in [-0.2, -0.15) is 0 Å². The monoisotopic (exact) mass is 423 g/mol. The first-order chi connectivity index (χ1) is 14.3. The van der Waals surface area contributed by atoms with Gasteiger partial charge in [0.25, 0.3) is 0 Å². The fraction of sp³-hybridized carbons (Fsp3) is 0.273. The van der Waals surface area contributed by atoms with Crippen LogP contribution in [0.2, 0.25) is 0 Å². The van der Waals surface area contributed by atoms with Gasteiger partial charge >= 0.3 is 6.03 Å². The molecule has 0 saturated heterocycles. The summed E-state index contributed by atoms with van der Waals surface area (Å²) in [7, 11) is 0. The highest BCUT2D eigenvalue weighted by molar-refractivity contribution is 7.18. The van der Waals surface area contributed by atoms with Crippen molar-refractivity contribution in [2.75, 3.05) is 10.6 Å². The van der Waals surface area contributed by atoms with Crippen LogP contribution in [0.1, 0.15) is 25.0 Å². The molecule has 3 rings (SSSR count). The van der Waals surface area contributed by atoms with Crippen molar-refractivity contribution in [2.24, 2.45) is 5.92 Å². The van der Waals surface area contributed by atoms with Crippen molar-refractivity contribution in [3.63, 3.8) is 0 Å². The molecule has 0 aliphatic heterocycles. The molecule has 30 heavy (non-hydrogen) atoms. The summed E-state index contributed by atoms with van der Waals surface area (Å²) in [6.07, 6.45) is 0. The Morgan fingerprint density at radius 1 is 0.933 bits per heavy atom. The third-order valence-corrected chi connectivity index (χ3v) is 5.32. The maximum Gasteiger partial charge on any atom is 0.319 e. The first-order valence-electron chi connectivity index (χ1n) is 9.67. The maximum absolute atomic E-state index is 12.8. The van der Waals surface area contributed by atoms with E-state index in [0.717, 1.165) is 21.7 Å². The number of amides is 3. The van der Waals surface area contributed by atoms with Crippen molar-refractivity contribution in [1.29, 1.82) is 0 Å². The van der Waals surface area contributed by atoms with Gasteiger partial charge in [-0.3, -0.25) is 10.1 Å². The molecule has 2 aromatic carbocycles. The molecule has 3 amide bonds. The summed E-state index contributed by atoms with van der Waals surface area (Å²) in [5.74, 6) is -0.450. The minimum atomic E-state index is -0.721. The number of aromatic nitrogens is 2. The van der Waals surface area contributed by atoms with Crippen LogP contribution in [0.25, 0.3) is 10.6 Å². The van der Waals surface area contributed by atoms with Gasteiger partial charge in [0.15, 0.2) is 0 Å². The van der Waals surface area contributed by atoms with E-state index in [1.807, 2.05) is 70.2 Å². The van der Waals surface area contributed by atoms with Gasteiger partial charge in [-0.05, 0) is 43.5 Å². The topological polar surface area (TPSA) is 96.0 Å². The number of carbonyl (C=O) groups is 2. The zero-order valence-corrected chi connectivity index (χ0v) is 18.2. The maximum atomic E-state index is 12.8. The van der Waals surface area contributed by atoms with Gasteiger partial charge in [0.1, 0.15) is 11.0 Å².